The first kappa shape index (κ1) is 16.9. The van der Waals surface area contributed by atoms with Crippen molar-refractivity contribution in [3.05, 3.63) is 33.5 Å². The van der Waals surface area contributed by atoms with Gasteiger partial charge in [0.2, 0.25) is 0 Å². The molecule has 0 radical (unpaired) electrons. The smallest absolute Gasteiger partial charge is 0.191 e. The number of nitrogens with zero attached hydrogens (tertiary/aromatic N) is 1. The molecule has 1 heterocycles. The summed E-state index contributed by atoms with van der Waals surface area (Å²) in [7, 11) is 0. The van der Waals surface area contributed by atoms with Crippen molar-refractivity contribution in [1.82, 2.24) is 10.6 Å². The third-order valence-electron chi connectivity index (χ3n) is 1.80. The Hall–Kier alpha value is -0.0800. The Morgan fingerprint density at radius 2 is 2.35 bits per heavy atom. The standard InChI is InChI=1S/C11H16BrN3S.HI/c1-3-5-14-11(13-4-2)15-7-9-6-10(12)16-8-9;/h3,6,8H,1,4-5,7H2,2H3,(H2,13,14,15);1H. The van der Waals surface area contributed by atoms with E-state index in [0.29, 0.717) is 6.54 Å². The minimum atomic E-state index is 0. The number of rotatable bonds is 5. The zero-order chi connectivity index (χ0) is 11.8. The Kier molecular flexibility index (Phi) is 9.85. The lowest BCUT2D eigenvalue weighted by atomic mass is 10.3. The lowest BCUT2D eigenvalue weighted by Crippen LogP contribution is -2.37. The van der Waals surface area contributed by atoms with Gasteiger partial charge in [-0.3, -0.25) is 0 Å². The molecular weight excluding hydrogens is 413 g/mol. The molecule has 0 fully saturated rings. The molecule has 0 aliphatic carbocycles. The molecule has 0 saturated heterocycles. The van der Waals surface area contributed by atoms with Gasteiger partial charge in [-0.1, -0.05) is 6.08 Å². The number of thiophene rings is 1. The van der Waals surface area contributed by atoms with E-state index in [-0.39, 0.29) is 24.0 Å². The molecule has 0 spiro atoms. The van der Waals surface area contributed by atoms with E-state index in [0.717, 1.165) is 22.8 Å². The lowest BCUT2D eigenvalue weighted by Gasteiger charge is -2.08. The van der Waals surface area contributed by atoms with Gasteiger partial charge in [-0.05, 0) is 39.9 Å². The predicted molar refractivity (Wildman–Crippen MR) is 90.4 cm³/mol. The maximum atomic E-state index is 4.47. The maximum Gasteiger partial charge on any atom is 0.191 e. The van der Waals surface area contributed by atoms with Crippen molar-refractivity contribution in [1.29, 1.82) is 0 Å². The second-order valence-corrected chi connectivity index (χ2v) is 5.41. The normalized spacial score (nSPS) is 10.6. The average Bonchev–Trinajstić information content (AvgIpc) is 2.68. The molecule has 0 bridgehead atoms. The van der Waals surface area contributed by atoms with E-state index in [9.17, 15) is 0 Å². The van der Waals surface area contributed by atoms with E-state index >= 15 is 0 Å². The van der Waals surface area contributed by atoms with Crippen LogP contribution in [0.2, 0.25) is 0 Å². The number of halogens is 2. The van der Waals surface area contributed by atoms with E-state index in [1.807, 2.05) is 13.0 Å². The van der Waals surface area contributed by atoms with Gasteiger partial charge in [-0.15, -0.1) is 41.9 Å². The van der Waals surface area contributed by atoms with Gasteiger partial charge in [0.25, 0.3) is 0 Å². The fraction of sp³-hybridized carbons (Fsp3) is 0.364. The van der Waals surface area contributed by atoms with Crippen LogP contribution in [-0.4, -0.2) is 19.0 Å². The van der Waals surface area contributed by atoms with Crippen LogP contribution < -0.4 is 10.6 Å². The van der Waals surface area contributed by atoms with Crippen molar-refractivity contribution < 1.29 is 0 Å². The summed E-state index contributed by atoms with van der Waals surface area (Å²) in [5.74, 6) is 0.824. The van der Waals surface area contributed by atoms with Crippen molar-refractivity contribution in [3.8, 4) is 0 Å². The van der Waals surface area contributed by atoms with E-state index in [1.165, 1.54) is 5.56 Å². The molecule has 0 aliphatic rings. The fourth-order valence-corrected chi connectivity index (χ4v) is 2.31. The summed E-state index contributed by atoms with van der Waals surface area (Å²) in [4.78, 5) is 4.47. The van der Waals surface area contributed by atoms with E-state index in [2.05, 4.69) is 49.6 Å². The Morgan fingerprint density at radius 1 is 1.59 bits per heavy atom. The van der Waals surface area contributed by atoms with Gasteiger partial charge in [-0.25, -0.2) is 4.99 Å². The zero-order valence-corrected chi connectivity index (χ0v) is 14.4. The Balaban J connectivity index is 0.00000256. The SMILES string of the molecule is C=CCNC(=NCc1csc(Br)c1)NCC.I. The zero-order valence-electron chi connectivity index (χ0n) is 9.70. The van der Waals surface area contributed by atoms with Crippen LogP contribution in [0, 0.1) is 0 Å². The number of guanidine groups is 1. The Morgan fingerprint density at radius 3 is 2.88 bits per heavy atom. The van der Waals surface area contributed by atoms with Crippen LogP contribution in [0.15, 0.2) is 32.9 Å². The first-order valence-electron chi connectivity index (χ1n) is 5.12. The van der Waals surface area contributed by atoms with E-state index < -0.39 is 0 Å². The first-order chi connectivity index (χ1) is 7.76. The Labute approximate surface area is 132 Å². The summed E-state index contributed by atoms with van der Waals surface area (Å²) in [5, 5.41) is 8.44. The molecule has 1 aromatic heterocycles. The van der Waals surface area contributed by atoms with Crippen LogP contribution in [-0.2, 0) is 6.54 Å². The van der Waals surface area contributed by atoms with Crippen molar-refractivity contribution in [2.75, 3.05) is 13.1 Å². The fourth-order valence-electron chi connectivity index (χ4n) is 1.11. The molecular formula is C11H17BrIN3S. The molecule has 0 unspecified atom stereocenters. The topological polar surface area (TPSA) is 36.4 Å². The minimum absolute atomic E-state index is 0. The summed E-state index contributed by atoms with van der Waals surface area (Å²) < 4.78 is 1.14. The van der Waals surface area contributed by atoms with Crippen LogP contribution in [0.1, 0.15) is 12.5 Å². The molecule has 0 saturated carbocycles. The summed E-state index contributed by atoms with van der Waals surface area (Å²) in [5.41, 5.74) is 1.22. The molecule has 0 aromatic carbocycles. The average molecular weight is 430 g/mol. The molecule has 1 rings (SSSR count). The van der Waals surface area contributed by atoms with Crippen molar-refractivity contribution >= 4 is 57.2 Å². The van der Waals surface area contributed by atoms with Gasteiger partial charge in [0.15, 0.2) is 5.96 Å². The summed E-state index contributed by atoms with van der Waals surface area (Å²) >= 11 is 5.12. The molecule has 17 heavy (non-hydrogen) atoms. The molecule has 0 atom stereocenters. The summed E-state index contributed by atoms with van der Waals surface area (Å²) in [6.45, 7) is 7.98. The minimum Gasteiger partial charge on any atom is -0.357 e. The molecule has 1 aromatic rings. The third kappa shape index (κ3) is 7.05. The van der Waals surface area contributed by atoms with E-state index in [1.54, 1.807) is 11.3 Å². The van der Waals surface area contributed by atoms with Crippen molar-refractivity contribution in [3.63, 3.8) is 0 Å². The maximum absolute atomic E-state index is 4.47. The molecule has 96 valence electrons. The molecule has 6 heteroatoms. The summed E-state index contributed by atoms with van der Waals surface area (Å²) in [6.07, 6.45) is 1.81. The number of aliphatic imine (C=N–C) groups is 1. The van der Waals surface area contributed by atoms with E-state index in [4.69, 9.17) is 0 Å². The van der Waals surface area contributed by atoms with Crippen LogP contribution in [0.5, 0.6) is 0 Å². The number of hydrogen-bond acceptors (Lipinski definition) is 2. The second kappa shape index (κ2) is 9.90. The highest BCUT2D eigenvalue weighted by Gasteiger charge is 1.98. The van der Waals surface area contributed by atoms with Gasteiger partial charge in [0.05, 0.1) is 10.3 Å². The predicted octanol–water partition coefficient (Wildman–Crippen LogP) is 3.37. The van der Waals surface area contributed by atoms with Gasteiger partial charge >= 0.3 is 0 Å². The highest BCUT2D eigenvalue weighted by molar-refractivity contribution is 14.0. The monoisotopic (exact) mass is 429 g/mol. The van der Waals surface area contributed by atoms with Gasteiger partial charge < -0.3 is 10.6 Å². The highest BCUT2D eigenvalue weighted by Crippen LogP contribution is 2.20. The molecule has 0 amide bonds. The first-order valence-corrected chi connectivity index (χ1v) is 6.79. The molecule has 0 aliphatic heterocycles. The van der Waals surface area contributed by atoms with Gasteiger partial charge in [0.1, 0.15) is 0 Å². The van der Waals surface area contributed by atoms with Crippen LogP contribution in [0.25, 0.3) is 0 Å². The van der Waals surface area contributed by atoms with Gasteiger partial charge in [-0.2, -0.15) is 0 Å². The Bertz CT molecular complexity index is 365. The van der Waals surface area contributed by atoms with Crippen LogP contribution in [0.3, 0.4) is 0 Å². The highest BCUT2D eigenvalue weighted by atomic mass is 127. The lowest BCUT2D eigenvalue weighted by molar-refractivity contribution is 0.861. The number of hydrogen-bond donors (Lipinski definition) is 2. The quantitative estimate of drug-likeness (QED) is 0.326. The van der Waals surface area contributed by atoms with Crippen LogP contribution in [0.4, 0.5) is 0 Å². The summed E-state index contributed by atoms with van der Waals surface area (Å²) in [6, 6.07) is 2.09. The third-order valence-corrected chi connectivity index (χ3v) is 3.35. The van der Waals surface area contributed by atoms with Crippen LogP contribution >= 0.6 is 51.2 Å². The molecule has 2 N–H and O–H groups in total. The molecule has 3 nitrogen and oxygen atoms in total. The van der Waals surface area contributed by atoms with Crippen molar-refractivity contribution in [2.24, 2.45) is 4.99 Å². The largest absolute Gasteiger partial charge is 0.357 e. The van der Waals surface area contributed by atoms with Crippen molar-refractivity contribution in [2.45, 2.75) is 13.5 Å². The second-order valence-electron chi connectivity index (χ2n) is 3.12. The number of nitrogens with one attached hydrogen (secondary N) is 2. The van der Waals surface area contributed by atoms with Gasteiger partial charge in [0, 0.05) is 13.1 Å².